The van der Waals surface area contributed by atoms with Crippen LogP contribution in [0.2, 0.25) is 0 Å². The summed E-state index contributed by atoms with van der Waals surface area (Å²) < 4.78 is 0. The molecule has 1 heterocycles. The minimum atomic E-state index is -0.444. The van der Waals surface area contributed by atoms with E-state index in [2.05, 4.69) is 200 Å². The highest BCUT2D eigenvalue weighted by atomic mass is 15.0. The van der Waals surface area contributed by atoms with E-state index in [1.807, 2.05) is 12.1 Å². The molecule has 7 aliphatic carbocycles. The third-order valence-electron chi connectivity index (χ3n) is 18.1. The normalized spacial score (nSPS) is 21.7. The molecule has 9 aromatic carbocycles. The molecule has 71 heavy (non-hydrogen) atoms. The molecule has 1 aromatic heterocycles. The highest BCUT2D eigenvalue weighted by Crippen LogP contribution is 2.70. The average Bonchev–Trinajstić information content (AvgIpc) is 4.02. The molecular formula is C68H49N3. The molecule has 3 heteroatoms. The van der Waals surface area contributed by atoms with Crippen molar-refractivity contribution in [3.05, 3.63) is 246 Å². The van der Waals surface area contributed by atoms with Gasteiger partial charge in [-0.3, -0.25) is 0 Å². The van der Waals surface area contributed by atoms with Gasteiger partial charge in [0.25, 0.3) is 0 Å². The Balaban J connectivity index is 0.935. The molecule has 0 saturated heterocycles. The zero-order chi connectivity index (χ0) is 46.4. The van der Waals surface area contributed by atoms with Crippen molar-refractivity contribution in [3.8, 4) is 89.8 Å². The molecule has 17 rings (SSSR count). The number of hydrogen-bond acceptors (Lipinski definition) is 3. The quantitative estimate of drug-likeness (QED) is 0.173. The van der Waals surface area contributed by atoms with Crippen LogP contribution in [-0.2, 0) is 10.8 Å². The summed E-state index contributed by atoms with van der Waals surface area (Å²) in [7, 11) is 0. The summed E-state index contributed by atoms with van der Waals surface area (Å²) in [6, 6.07) is 79.3. The minimum absolute atomic E-state index is 0.0658. The standard InChI is InChI=1S/C68H49N3/c1-3-15-43(16-4-1)64-69-65(44-17-5-2-6-18-44)71-66(70-64)49-37-47(45-27-29-56-54-21-7-11-23-58(54)67(62(56)39-45)50-32-41-31-42(34-50)35-51(67)33-41)36-48(38-49)46-28-30-57-55-22-10-14-26-61(55)68(63(57)40-46)59-24-12-8-19-52(59)53-20-9-13-25-60(53)68/h1-30,36-42,50-51H,31-35H2. The molecule has 0 aliphatic heterocycles. The van der Waals surface area contributed by atoms with Gasteiger partial charge in [0.1, 0.15) is 0 Å². The molecule has 10 aromatic rings. The van der Waals surface area contributed by atoms with Gasteiger partial charge in [0.2, 0.25) is 0 Å². The van der Waals surface area contributed by atoms with E-state index in [1.165, 1.54) is 104 Å². The maximum atomic E-state index is 5.34. The topological polar surface area (TPSA) is 38.7 Å². The van der Waals surface area contributed by atoms with Gasteiger partial charge in [-0.1, -0.05) is 182 Å². The Kier molecular flexibility index (Phi) is 8.27. The van der Waals surface area contributed by atoms with Crippen molar-refractivity contribution in [2.75, 3.05) is 0 Å². The van der Waals surface area contributed by atoms with Crippen molar-refractivity contribution in [3.63, 3.8) is 0 Å². The Morgan fingerprint density at radius 3 is 1.13 bits per heavy atom. The van der Waals surface area contributed by atoms with Gasteiger partial charge in [0, 0.05) is 22.1 Å². The van der Waals surface area contributed by atoms with Crippen molar-refractivity contribution < 1.29 is 0 Å². The Morgan fingerprint density at radius 1 is 0.268 bits per heavy atom. The number of nitrogens with zero attached hydrogens (tertiary/aromatic N) is 3. The first-order valence-corrected chi connectivity index (χ1v) is 25.8. The number of benzene rings is 9. The summed E-state index contributed by atoms with van der Waals surface area (Å²) >= 11 is 0. The second-order valence-corrected chi connectivity index (χ2v) is 21.5. The largest absolute Gasteiger partial charge is 0.208 e. The van der Waals surface area contributed by atoms with Crippen LogP contribution in [0.15, 0.2) is 212 Å². The fraction of sp³-hybridized carbons (Fsp3) is 0.162. The van der Waals surface area contributed by atoms with Gasteiger partial charge >= 0.3 is 0 Å². The molecule has 2 spiro atoms. The summed E-state index contributed by atoms with van der Waals surface area (Å²) in [5, 5.41) is 0. The van der Waals surface area contributed by atoms with Crippen LogP contribution in [0.1, 0.15) is 65.5 Å². The highest BCUT2D eigenvalue weighted by molar-refractivity contribution is 5.96. The lowest BCUT2D eigenvalue weighted by atomic mass is 9.43. The van der Waals surface area contributed by atoms with E-state index in [1.54, 1.807) is 11.1 Å². The molecule has 4 fully saturated rings. The maximum absolute atomic E-state index is 5.34. The van der Waals surface area contributed by atoms with Crippen LogP contribution in [0.25, 0.3) is 89.8 Å². The lowest BCUT2D eigenvalue weighted by Crippen LogP contribution is -2.55. The fourth-order valence-corrected chi connectivity index (χ4v) is 15.6. The van der Waals surface area contributed by atoms with Crippen molar-refractivity contribution in [1.82, 2.24) is 15.0 Å². The van der Waals surface area contributed by atoms with Crippen molar-refractivity contribution >= 4 is 0 Å². The van der Waals surface area contributed by atoms with E-state index in [0.717, 1.165) is 34.1 Å². The summed E-state index contributed by atoms with van der Waals surface area (Å²) in [6.07, 6.45) is 6.87. The second-order valence-electron chi connectivity index (χ2n) is 21.5. The van der Waals surface area contributed by atoms with Gasteiger partial charge in [-0.2, -0.15) is 0 Å². The van der Waals surface area contributed by atoms with Gasteiger partial charge in [0.15, 0.2) is 17.5 Å². The van der Waals surface area contributed by atoms with E-state index in [4.69, 9.17) is 15.0 Å². The SMILES string of the molecule is c1ccc(-c2nc(-c3ccccc3)nc(-c3cc(-c4ccc5c(c4)C4(c6ccccc6-c6ccccc64)c4ccccc4-5)cc(-c4ccc5c(c4)C4(c6ccccc6-5)C5CC6CC(C5)CC4C6)c3)n2)cc1. The van der Waals surface area contributed by atoms with Gasteiger partial charge in [-0.05, 0) is 175 Å². The lowest BCUT2D eigenvalue weighted by molar-refractivity contribution is -0.0399. The molecule has 336 valence electrons. The van der Waals surface area contributed by atoms with Crippen molar-refractivity contribution in [2.45, 2.75) is 42.9 Å². The Bertz CT molecular complexity index is 3700. The molecule has 7 aliphatic rings. The summed E-state index contributed by atoms with van der Waals surface area (Å²) in [5.74, 6) is 5.13. The van der Waals surface area contributed by atoms with Crippen LogP contribution in [0.4, 0.5) is 0 Å². The van der Waals surface area contributed by atoms with Crippen LogP contribution in [0, 0.1) is 23.7 Å². The van der Waals surface area contributed by atoms with Gasteiger partial charge in [-0.15, -0.1) is 0 Å². The van der Waals surface area contributed by atoms with E-state index >= 15 is 0 Å². The van der Waals surface area contributed by atoms with Crippen LogP contribution >= 0.6 is 0 Å². The first kappa shape index (κ1) is 39.8. The van der Waals surface area contributed by atoms with E-state index in [0.29, 0.717) is 29.3 Å². The fourth-order valence-electron chi connectivity index (χ4n) is 15.6. The van der Waals surface area contributed by atoms with Crippen molar-refractivity contribution in [1.29, 1.82) is 0 Å². The predicted molar refractivity (Wildman–Crippen MR) is 287 cm³/mol. The third kappa shape index (κ3) is 5.47. The van der Waals surface area contributed by atoms with Crippen LogP contribution < -0.4 is 0 Å². The van der Waals surface area contributed by atoms with Crippen molar-refractivity contribution in [2.24, 2.45) is 23.7 Å². The second kappa shape index (κ2) is 14.8. The Hall–Kier alpha value is -8.01. The zero-order valence-electron chi connectivity index (χ0n) is 39.4. The highest BCUT2D eigenvalue weighted by Gasteiger charge is 2.61. The molecule has 0 N–H and O–H groups in total. The van der Waals surface area contributed by atoms with Crippen LogP contribution in [0.5, 0.6) is 0 Å². The Morgan fingerprint density at radius 2 is 0.634 bits per heavy atom. The molecular weight excluding hydrogens is 859 g/mol. The molecule has 0 amide bonds. The molecule has 0 atom stereocenters. The molecule has 0 radical (unpaired) electrons. The van der Waals surface area contributed by atoms with E-state index in [9.17, 15) is 0 Å². The minimum Gasteiger partial charge on any atom is -0.208 e. The molecule has 0 unspecified atom stereocenters. The summed E-state index contributed by atoms with van der Waals surface area (Å²) in [4.78, 5) is 15.8. The number of fused-ring (bicyclic) bond motifs is 13. The Labute approximate surface area is 415 Å². The average molecular weight is 908 g/mol. The number of hydrogen-bond donors (Lipinski definition) is 0. The number of rotatable bonds is 5. The molecule has 4 bridgehead atoms. The predicted octanol–water partition coefficient (Wildman–Crippen LogP) is 16.3. The molecule has 3 nitrogen and oxygen atoms in total. The smallest absolute Gasteiger partial charge is 0.164 e. The van der Waals surface area contributed by atoms with E-state index < -0.39 is 5.41 Å². The lowest BCUT2D eigenvalue weighted by Gasteiger charge is -2.61. The maximum Gasteiger partial charge on any atom is 0.164 e. The van der Waals surface area contributed by atoms with Crippen LogP contribution in [0.3, 0.4) is 0 Å². The first-order chi connectivity index (χ1) is 35.1. The first-order valence-electron chi connectivity index (χ1n) is 25.8. The van der Waals surface area contributed by atoms with E-state index in [-0.39, 0.29) is 5.41 Å². The summed E-state index contributed by atoms with van der Waals surface area (Å²) in [6.45, 7) is 0. The van der Waals surface area contributed by atoms with Crippen LogP contribution in [-0.4, -0.2) is 15.0 Å². The summed E-state index contributed by atoms with van der Waals surface area (Å²) in [5.41, 5.74) is 23.9. The number of aromatic nitrogens is 3. The van der Waals surface area contributed by atoms with Gasteiger partial charge in [0.05, 0.1) is 5.41 Å². The zero-order valence-corrected chi connectivity index (χ0v) is 39.4. The monoisotopic (exact) mass is 907 g/mol. The third-order valence-corrected chi connectivity index (χ3v) is 18.1. The molecule has 4 saturated carbocycles. The van der Waals surface area contributed by atoms with Gasteiger partial charge in [-0.25, -0.2) is 15.0 Å². The van der Waals surface area contributed by atoms with Gasteiger partial charge < -0.3 is 0 Å².